The van der Waals surface area contributed by atoms with Crippen LogP contribution in [0.5, 0.6) is 0 Å². The van der Waals surface area contributed by atoms with Gasteiger partial charge in [-0.3, -0.25) is 0 Å². The van der Waals surface area contributed by atoms with Gasteiger partial charge in [-0.25, -0.2) is 15.0 Å². The van der Waals surface area contributed by atoms with Crippen LogP contribution in [-0.4, -0.2) is 23.8 Å². The number of para-hydroxylation sites is 2. The van der Waals surface area contributed by atoms with Crippen molar-refractivity contribution in [3.63, 3.8) is 0 Å². The average Bonchev–Trinajstić information content (AvgIpc) is 3.16. The zero-order valence-corrected chi connectivity index (χ0v) is 18.7. The second kappa shape index (κ2) is 6.60. The van der Waals surface area contributed by atoms with Crippen LogP contribution in [0.4, 0.5) is 0 Å². The van der Waals surface area contributed by atoms with E-state index in [0.29, 0.717) is 0 Å². The molecule has 2 nitrogen and oxygen atoms in total. The van der Waals surface area contributed by atoms with Gasteiger partial charge in [0.1, 0.15) is 11.2 Å². The lowest BCUT2D eigenvalue weighted by molar-refractivity contribution is 0.670. The number of hydrogen-bond acceptors (Lipinski definition) is 2. The summed E-state index contributed by atoms with van der Waals surface area (Å²) in [5.41, 5.74) is 4.89. The Morgan fingerprint density at radius 3 is 2.29 bits per heavy atom. The van der Waals surface area contributed by atoms with Crippen molar-refractivity contribution in [1.29, 1.82) is 0 Å². The fourth-order valence-corrected chi connectivity index (χ4v) is 5.83. The highest BCUT2D eigenvalue weighted by Gasteiger charge is 2.19. The molecule has 4 aromatic carbocycles. The Balaban J connectivity index is 1.72. The van der Waals surface area contributed by atoms with Crippen molar-refractivity contribution in [3.8, 4) is 11.3 Å². The van der Waals surface area contributed by atoms with Gasteiger partial charge < -0.3 is 4.42 Å². The van der Waals surface area contributed by atoms with E-state index in [4.69, 9.17) is 9.40 Å². The second-order valence-corrected chi connectivity index (χ2v) is 12.9. The van der Waals surface area contributed by atoms with Crippen LogP contribution in [0.25, 0.3) is 54.9 Å². The van der Waals surface area contributed by atoms with Gasteiger partial charge in [0.2, 0.25) is 0 Å². The molecular weight excluding hydrogens is 398 g/mol. The van der Waals surface area contributed by atoms with E-state index in [9.17, 15) is 0 Å². The lowest BCUT2D eigenvalue weighted by Crippen LogP contribution is -1.98. The summed E-state index contributed by atoms with van der Waals surface area (Å²) in [6, 6.07) is 29.8. The Kier molecular flexibility index (Phi) is 3.93. The van der Waals surface area contributed by atoms with Gasteiger partial charge in [-0.15, -0.1) is 0 Å². The Morgan fingerprint density at radius 1 is 0.710 bits per heavy atom. The van der Waals surface area contributed by atoms with E-state index in [1.54, 1.807) is 0 Å². The molecule has 2 aromatic heterocycles. The quantitative estimate of drug-likeness (QED) is 0.265. The molecule has 0 radical (unpaired) electrons. The van der Waals surface area contributed by atoms with E-state index in [2.05, 4.69) is 91.6 Å². The summed E-state index contributed by atoms with van der Waals surface area (Å²) in [6.45, 7) is 0. The molecule has 2 heterocycles. The Bertz CT molecular complexity index is 1620. The van der Waals surface area contributed by atoms with Gasteiger partial charge in [0.15, 0.2) is 0 Å². The number of furan rings is 1. The summed E-state index contributed by atoms with van der Waals surface area (Å²) in [7, 11) is -1.000. The third-order valence-electron chi connectivity index (χ3n) is 6.00. The smallest absolute Gasteiger partial charge is 0.144 e. The highest BCUT2D eigenvalue weighted by atomic mass is 32.3. The van der Waals surface area contributed by atoms with Crippen LogP contribution < -0.4 is 0 Å². The van der Waals surface area contributed by atoms with E-state index in [0.717, 1.165) is 38.7 Å². The van der Waals surface area contributed by atoms with Crippen molar-refractivity contribution >= 4 is 53.6 Å². The molecule has 0 amide bonds. The van der Waals surface area contributed by atoms with Gasteiger partial charge >= 0.3 is 0 Å². The molecule has 6 rings (SSSR count). The van der Waals surface area contributed by atoms with Gasteiger partial charge in [0, 0.05) is 26.6 Å². The summed E-state index contributed by atoms with van der Waals surface area (Å²) in [4.78, 5) is 6.53. The molecule has 6 aromatic rings. The molecule has 0 atom stereocenters. The van der Waals surface area contributed by atoms with Crippen molar-refractivity contribution in [1.82, 2.24) is 4.98 Å². The third kappa shape index (κ3) is 2.84. The van der Waals surface area contributed by atoms with E-state index < -0.39 is 10.0 Å². The number of pyridine rings is 1. The molecule has 0 aliphatic carbocycles. The van der Waals surface area contributed by atoms with Crippen LogP contribution >= 0.6 is 10.0 Å². The molecule has 0 saturated carbocycles. The van der Waals surface area contributed by atoms with Crippen molar-refractivity contribution < 1.29 is 4.42 Å². The summed E-state index contributed by atoms with van der Waals surface area (Å²) < 4.78 is 6.31. The van der Waals surface area contributed by atoms with E-state index in [-0.39, 0.29) is 0 Å². The molecule has 31 heavy (non-hydrogen) atoms. The number of fused-ring (bicyclic) bond motifs is 6. The molecule has 0 unspecified atom stereocenters. The highest BCUT2D eigenvalue weighted by molar-refractivity contribution is 8.32. The maximum atomic E-state index is 6.31. The second-order valence-electron chi connectivity index (χ2n) is 8.80. The lowest BCUT2D eigenvalue weighted by atomic mass is 10.0. The van der Waals surface area contributed by atoms with Crippen LogP contribution in [0.2, 0.25) is 0 Å². The largest absolute Gasteiger partial charge is 0.455 e. The van der Waals surface area contributed by atoms with Crippen molar-refractivity contribution in [2.75, 3.05) is 18.8 Å². The van der Waals surface area contributed by atoms with Crippen LogP contribution in [0.3, 0.4) is 0 Å². The Hall–Kier alpha value is -3.30. The van der Waals surface area contributed by atoms with Crippen molar-refractivity contribution in [2.45, 2.75) is 4.90 Å². The monoisotopic (exact) mass is 421 g/mol. The maximum absolute atomic E-state index is 6.31. The third-order valence-corrected chi connectivity index (χ3v) is 7.64. The van der Waals surface area contributed by atoms with E-state index in [1.165, 1.54) is 21.1 Å². The lowest BCUT2D eigenvalue weighted by Gasteiger charge is -2.28. The average molecular weight is 422 g/mol. The molecule has 0 saturated heterocycles. The number of benzene rings is 4. The first-order chi connectivity index (χ1) is 15.0. The zero-order chi connectivity index (χ0) is 21.2. The van der Waals surface area contributed by atoms with Gasteiger partial charge in [-0.2, -0.15) is 0 Å². The molecule has 152 valence electrons. The fourth-order valence-electron chi connectivity index (χ4n) is 4.54. The molecule has 0 aliphatic heterocycles. The predicted molar refractivity (Wildman–Crippen MR) is 136 cm³/mol. The van der Waals surface area contributed by atoms with Gasteiger partial charge in [0.25, 0.3) is 0 Å². The number of hydrogen-bond donors (Lipinski definition) is 0. The Morgan fingerprint density at radius 2 is 1.45 bits per heavy atom. The number of nitrogens with zero attached hydrogens (tertiary/aromatic N) is 1. The fraction of sp³-hybridized carbons (Fsp3) is 0.107. The molecule has 0 fully saturated rings. The summed E-state index contributed by atoms with van der Waals surface area (Å²) in [5, 5.41) is 6.10. The Labute approximate surface area is 182 Å². The van der Waals surface area contributed by atoms with Gasteiger partial charge in [0.05, 0.1) is 11.2 Å². The summed E-state index contributed by atoms with van der Waals surface area (Å²) >= 11 is 0. The number of aromatic nitrogens is 1. The summed E-state index contributed by atoms with van der Waals surface area (Å²) in [6.07, 6.45) is 7.07. The first-order valence-electron chi connectivity index (χ1n) is 10.4. The molecular formula is C28H23NOS. The first kappa shape index (κ1) is 18.5. The topological polar surface area (TPSA) is 26.0 Å². The minimum atomic E-state index is -1.000. The molecule has 0 N–H and O–H groups in total. The van der Waals surface area contributed by atoms with Crippen LogP contribution in [0.15, 0.2) is 94.2 Å². The maximum Gasteiger partial charge on any atom is 0.144 e. The molecule has 0 aliphatic rings. The molecule has 0 spiro atoms. The van der Waals surface area contributed by atoms with Crippen LogP contribution in [0, 0.1) is 0 Å². The normalized spacial score (nSPS) is 12.9. The SMILES string of the molecule is CS(C)(C)c1cc(-c2cccc3c2oc2ccccc23)nc2ccc3ccccc3c12. The predicted octanol–water partition coefficient (Wildman–Crippen LogP) is 8.01. The summed E-state index contributed by atoms with van der Waals surface area (Å²) in [5.74, 6) is 0. The van der Waals surface area contributed by atoms with Crippen molar-refractivity contribution in [2.24, 2.45) is 0 Å². The molecule has 0 bridgehead atoms. The van der Waals surface area contributed by atoms with Crippen molar-refractivity contribution in [3.05, 3.63) is 84.9 Å². The van der Waals surface area contributed by atoms with Crippen LogP contribution in [-0.2, 0) is 0 Å². The van der Waals surface area contributed by atoms with Gasteiger partial charge in [-0.05, 0) is 53.8 Å². The molecule has 3 heteroatoms. The van der Waals surface area contributed by atoms with E-state index in [1.807, 2.05) is 12.1 Å². The van der Waals surface area contributed by atoms with Crippen LogP contribution in [0.1, 0.15) is 0 Å². The minimum absolute atomic E-state index is 0.909. The van der Waals surface area contributed by atoms with E-state index >= 15 is 0 Å². The zero-order valence-electron chi connectivity index (χ0n) is 17.8. The minimum Gasteiger partial charge on any atom is -0.455 e. The highest BCUT2D eigenvalue weighted by Crippen LogP contribution is 2.51. The van der Waals surface area contributed by atoms with Gasteiger partial charge in [-0.1, -0.05) is 60.7 Å². The first-order valence-corrected chi connectivity index (χ1v) is 13.3. The standard InChI is InChI=1S/C28H23NOS/c1-31(2,3)26-17-24(29-23-16-15-18-9-4-5-10-19(18)27(23)26)22-13-8-12-21-20-11-6-7-14-25(20)30-28(21)22/h4-17H,1-3H3. The number of rotatable bonds is 2.